The van der Waals surface area contributed by atoms with Gasteiger partial charge < -0.3 is 10.0 Å². The zero-order valence-electron chi connectivity index (χ0n) is 7.15. The monoisotopic (exact) mass is 242 g/mol. The molecule has 2 heterocycles. The molecule has 2 rings (SSSR count). The van der Waals surface area contributed by atoms with Gasteiger partial charge in [0.05, 0.1) is 18.0 Å². The summed E-state index contributed by atoms with van der Waals surface area (Å²) in [7, 11) is 0. The van der Waals surface area contributed by atoms with Gasteiger partial charge in [-0.2, -0.15) is 0 Å². The first-order valence-electron chi connectivity index (χ1n) is 4.30. The summed E-state index contributed by atoms with van der Waals surface area (Å²) in [6, 6.07) is 3.93. The lowest BCUT2D eigenvalue weighted by molar-refractivity contribution is 0.198. The van der Waals surface area contributed by atoms with Crippen LogP contribution in [-0.4, -0.2) is 29.3 Å². The molecule has 70 valence electrons. The highest BCUT2D eigenvalue weighted by molar-refractivity contribution is 9.10. The van der Waals surface area contributed by atoms with E-state index >= 15 is 0 Å². The topological polar surface area (TPSA) is 36.4 Å². The van der Waals surface area contributed by atoms with E-state index in [1.807, 2.05) is 18.3 Å². The van der Waals surface area contributed by atoms with Crippen molar-refractivity contribution in [1.29, 1.82) is 0 Å². The van der Waals surface area contributed by atoms with E-state index in [1.54, 1.807) is 0 Å². The van der Waals surface area contributed by atoms with E-state index < -0.39 is 0 Å². The van der Waals surface area contributed by atoms with Crippen LogP contribution in [0.2, 0.25) is 0 Å². The Morgan fingerprint density at radius 1 is 1.54 bits per heavy atom. The van der Waals surface area contributed by atoms with Crippen LogP contribution in [0.5, 0.6) is 0 Å². The Hall–Kier alpha value is -0.610. The average molecular weight is 243 g/mol. The molecule has 1 aliphatic rings. The molecule has 0 spiro atoms. The smallest absolute Gasteiger partial charge is 0.106 e. The standard InChI is InChI=1S/C9H11BrN2O/c10-9-2-1-7(5-11-9)12-4-3-8(13)6-12/h1-2,5,8,13H,3-4,6H2. The van der Waals surface area contributed by atoms with Crippen LogP contribution >= 0.6 is 15.9 Å². The van der Waals surface area contributed by atoms with Gasteiger partial charge >= 0.3 is 0 Å². The molecule has 0 radical (unpaired) electrons. The fourth-order valence-corrected chi connectivity index (χ4v) is 1.77. The number of aliphatic hydroxyl groups excluding tert-OH is 1. The van der Waals surface area contributed by atoms with Crippen LogP contribution in [0.4, 0.5) is 5.69 Å². The molecule has 0 amide bonds. The van der Waals surface area contributed by atoms with Gasteiger partial charge in [0.2, 0.25) is 0 Å². The molecule has 0 aliphatic carbocycles. The van der Waals surface area contributed by atoms with Gasteiger partial charge in [-0.3, -0.25) is 0 Å². The molecule has 1 unspecified atom stereocenters. The first kappa shape index (κ1) is 8.97. The molecule has 1 aromatic heterocycles. The second kappa shape index (κ2) is 3.64. The lowest BCUT2D eigenvalue weighted by Crippen LogP contribution is -2.21. The molecule has 1 aromatic rings. The number of hydrogen-bond donors (Lipinski definition) is 1. The second-order valence-corrected chi connectivity index (χ2v) is 4.04. The van der Waals surface area contributed by atoms with Gasteiger partial charge in [-0.05, 0) is 34.5 Å². The summed E-state index contributed by atoms with van der Waals surface area (Å²) < 4.78 is 0.844. The average Bonchev–Trinajstić information content (AvgIpc) is 2.53. The Morgan fingerprint density at radius 3 is 2.92 bits per heavy atom. The van der Waals surface area contributed by atoms with Crippen LogP contribution in [0.25, 0.3) is 0 Å². The Kier molecular flexibility index (Phi) is 2.51. The molecule has 4 heteroatoms. The van der Waals surface area contributed by atoms with Crippen molar-refractivity contribution in [2.45, 2.75) is 12.5 Å². The van der Waals surface area contributed by atoms with E-state index in [2.05, 4.69) is 25.8 Å². The highest BCUT2D eigenvalue weighted by Gasteiger charge is 2.20. The largest absolute Gasteiger partial charge is 0.391 e. The number of anilines is 1. The van der Waals surface area contributed by atoms with Gasteiger partial charge in [0.15, 0.2) is 0 Å². The van der Waals surface area contributed by atoms with Crippen molar-refractivity contribution in [3.63, 3.8) is 0 Å². The van der Waals surface area contributed by atoms with Crippen molar-refractivity contribution in [3.05, 3.63) is 22.9 Å². The summed E-state index contributed by atoms with van der Waals surface area (Å²) in [6.07, 6.45) is 2.50. The SMILES string of the molecule is OC1CCN(c2ccc(Br)nc2)C1. The first-order chi connectivity index (χ1) is 6.25. The Labute approximate surface area is 85.5 Å². The minimum atomic E-state index is -0.177. The molecule has 13 heavy (non-hydrogen) atoms. The lowest BCUT2D eigenvalue weighted by Gasteiger charge is -2.16. The maximum absolute atomic E-state index is 9.34. The number of rotatable bonds is 1. The van der Waals surface area contributed by atoms with Gasteiger partial charge in [0.25, 0.3) is 0 Å². The molecule has 0 saturated carbocycles. The number of nitrogens with zero attached hydrogens (tertiary/aromatic N) is 2. The van der Waals surface area contributed by atoms with E-state index in [0.29, 0.717) is 0 Å². The van der Waals surface area contributed by atoms with Crippen molar-refractivity contribution in [1.82, 2.24) is 4.98 Å². The van der Waals surface area contributed by atoms with Crippen molar-refractivity contribution in [2.24, 2.45) is 0 Å². The minimum Gasteiger partial charge on any atom is -0.391 e. The van der Waals surface area contributed by atoms with Crippen LogP contribution in [0.3, 0.4) is 0 Å². The Morgan fingerprint density at radius 2 is 2.38 bits per heavy atom. The quantitative estimate of drug-likeness (QED) is 0.757. The van der Waals surface area contributed by atoms with Crippen LogP contribution < -0.4 is 4.90 Å². The lowest BCUT2D eigenvalue weighted by atomic mass is 10.3. The molecule has 1 atom stereocenters. The summed E-state index contributed by atoms with van der Waals surface area (Å²) in [5.74, 6) is 0. The number of aromatic nitrogens is 1. The van der Waals surface area contributed by atoms with Gasteiger partial charge in [0, 0.05) is 13.1 Å². The molecule has 1 fully saturated rings. The Bertz CT molecular complexity index is 288. The van der Waals surface area contributed by atoms with Crippen LogP contribution in [0.15, 0.2) is 22.9 Å². The number of halogens is 1. The van der Waals surface area contributed by atoms with Crippen molar-refractivity contribution in [2.75, 3.05) is 18.0 Å². The molecule has 1 aliphatic heterocycles. The summed E-state index contributed by atoms with van der Waals surface area (Å²) in [5, 5.41) is 9.34. The third-order valence-corrected chi connectivity index (χ3v) is 2.71. The maximum atomic E-state index is 9.34. The van der Waals surface area contributed by atoms with Gasteiger partial charge in [-0.25, -0.2) is 4.98 Å². The van der Waals surface area contributed by atoms with Crippen LogP contribution in [0, 0.1) is 0 Å². The van der Waals surface area contributed by atoms with Crippen molar-refractivity contribution in [3.8, 4) is 0 Å². The summed E-state index contributed by atoms with van der Waals surface area (Å²) in [6.45, 7) is 1.65. The van der Waals surface area contributed by atoms with E-state index in [1.165, 1.54) is 0 Å². The normalized spacial score (nSPS) is 22.3. The zero-order chi connectivity index (χ0) is 9.26. The van der Waals surface area contributed by atoms with E-state index in [-0.39, 0.29) is 6.10 Å². The highest BCUT2D eigenvalue weighted by atomic mass is 79.9. The number of aliphatic hydroxyl groups is 1. The molecule has 0 bridgehead atoms. The molecule has 0 aromatic carbocycles. The number of hydrogen-bond acceptors (Lipinski definition) is 3. The van der Waals surface area contributed by atoms with Crippen LogP contribution in [0.1, 0.15) is 6.42 Å². The molecular weight excluding hydrogens is 232 g/mol. The van der Waals surface area contributed by atoms with Gasteiger partial charge in [0.1, 0.15) is 4.60 Å². The fourth-order valence-electron chi connectivity index (χ4n) is 1.53. The fraction of sp³-hybridized carbons (Fsp3) is 0.444. The zero-order valence-corrected chi connectivity index (χ0v) is 8.74. The number of pyridine rings is 1. The third kappa shape index (κ3) is 2.00. The molecular formula is C9H11BrN2O. The van der Waals surface area contributed by atoms with E-state index in [0.717, 1.165) is 29.8 Å². The third-order valence-electron chi connectivity index (χ3n) is 2.24. The Balaban J connectivity index is 2.13. The van der Waals surface area contributed by atoms with Crippen LogP contribution in [-0.2, 0) is 0 Å². The van der Waals surface area contributed by atoms with Gasteiger partial charge in [-0.1, -0.05) is 0 Å². The van der Waals surface area contributed by atoms with E-state index in [9.17, 15) is 5.11 Å². The summed E-state index contributed by atoms with van der Waals surface area (Å²) in [5.41, 5.74) is 1.08. The first-order valence-corrected chi connectivity index (χ1v) is 5.09. The highest BCUT2D eigenvalue weighted by Crippen LogP contribution is 2.20. The second-order valence-electron chi connectivity index (χ2n) is 3.23. The predicted molar refractivity (Wildman–Crippen MR) is 54.8 cm³/mol. The maximum Gasteiger partial charge on any atom is 0.106 e. The summed E-state index contributed by atoms with van der Waals surface area (Å²) >= 11 is 3.29. The molecule has 1 N–H and O–H groups in total. The van der Waals surface area contributed by atoms with Gasteiger partial charge in [-0.15, -0.1) is 0 Å². The molecule has 1 saturated heterocycles. The summed E-state index contributed by atoms with van der Waals surface area (Å²) in [4.78, 5) is 6.29. The molecule has 3 nitrogen and oxygen atoms in total. The minimum absolute atomic E-state index is 0.177. The number of β-amino-alcohol motifs (C(OH)–C–C–N with tert-alkyl or cyclic N) is 1. The predicted octanol–water partition coefficient (Wildman–Crippen LogP) is 1.42. The van der Waals surface area contributed by atoms with E-state index in [4.69, 9.17) is 0 Å². The van der Waals surface area contributed by atoms with Crippen molar-refractivity contribution >= 4 is 21.6 Å². The van der Waals surface area contributed by atoms with Crippen molar-refractivity contribution < 1.29 is 5.11 Å².